The van der Waals surface area contributed by atoms with E-state index in [2.05, 4.69) is 4.98 Å². The number of carbonyl (C=O) groups excluding carboxylic acids is 2. The van der Waals surface area contributed by atoms with Crippen LogP contribution in [0.15, 0.2) is 47.7 Å². The first-order valence-electron chi connectivity index (χ1n) is 9.28. The molecule has 148 valence electrons. The van der Waals surface area contributed by atoms with Gasteiger partial charge in [0, 0.05) is 6.42 Å². The number of aliphatic hydroxyl groups is 1. The fraction of sp³-hybridized carbons (Fsp3) is 0.227. The molecule has 0 aliphatic carbocycles. The Morgan fingerprint density at radius 2 is 1.79 bits per heavy atom. The molecule has 1 atom stereocenters. The molecule has 29 heavy (non-hydrogen) atoms. The molecule has 2 aromatic carbocycles. The van der Waals surface area contributed by atoms with Gasteiger partial charge in [-0.25, -0.2) is 4.98 Å². The van der Waals surface area contributed by atoms with Gasteiger partial charge in [-0.15, -0.1) is 0 Å². The molecule has 3 aromatic rings. The summed E-state index contributed by atoms with van der Waals surface area (Å²) < 4.78 is 0.926. The number of Topliss-reactive ketones (excluding diaryl/α,β-unsaturated/α-hetero) is 1. The second-order valence-corrected chi connectivity index (χ2v) is 8.12. The number of phenolic OH excluding ortho intramolecular Hbond substituents is 1. The Balaban J connectivity index is 1.90. The third-order valence-electron chi connectivity index (χ3n) is 5.24. The van der Waals surface area contributed by atoms with E-state index in [0.717, 1.165) is 21.3 Å². The van der Waals surface area contributed by atoms with Crippen molar-refractivity contribution in [1.29, 1.82) is 0 Å². The van der Waals surface area contributed by atoms with E-state index in [1.165, 1.54) is 28.4 Å². The van der Waals surface area contributed by atoms with Gasteiger partial charge in [-0.05, 0) is 54.8 Å². The molecule has 0 saturated heterocycles. The third kappa shape index (κ3) is 3.07. The number of phenols is 1. The van der Waals surface area contributed by atoms with Gasteiger partial charge in [0.1, 0.15) is 5.75 Å². The van der Waals surface area contributed by atoms with Gasteiger partial charge in [-0.3, -0.25) is 14.5 Å². The molecule has 1 unspecified atom stereocenters. The van der Waals surface area contributed by atoms with Crippen LogP contribution in [0.5, 0.6) is 5.75 Å². The fourth-order valence-electron chi connectivity index (χ4n) is 3.52. The number of hydrogen-bond donors (Lipinski definition) is 2. The number of fused-ring (bicyclic) bond motifs is 1. The smallest absolute Gasteiger partial charge is 0.296 e. The maximum absolute atomic E-state index is 13.0. The molecule has 2 N–H and O–H groups in total. The Hall–Kier alpha value is -3.19. The van der Waals surface area contributed by atoms with Gasteiger partial charge in [-0.2, -0.15) is 0 Å². The molecular weight excluding hydrogens is 388 g/mol. The van der Waals surface area contributed by atoms with Crippen molar-refractivity contribution < 1.29 is 19.8 Å². The average Bonchev–Trinajstić information content (AvgIpc) is 3.20. The summed E-state index contributed by atoms with van der Waals surface area (Å²) in [5.74, 6) is -1.41. The number of ketones is 1. The zero-order chi connectivity index (χ0) is 20.9. The van der Waals surface area contributed by atoms with Crippen LogP contribution in [0.2, 0.25) is 0 Å². The molecule has 2 heterocycles. The van der Waals surface area contributed by atoms with Crippen molar-refractivity contribution in [2.75, 3.05) is 4.90 Å². The van der Waals surface area contributed by atoms with E-state index in [1.807, 2.05) is 26.0 Å². The number of hydrogen-bond acceptors (Lipinski definition) is 6. The van der Waals surface area contributed by atoms with Crippen LogP contribution in [0, 0.1) is 13.8 Å². The summed E-state index contributed by atoms with van der Waals surface area (Å²) in [4.78, 5) is 31.6. The lowest BCUT2D eigenvalue weighted by Crippen LogP contribution is -2.30. The Labute approximate surface area is 171 Å². The van der Waals surface area contributed by atoms with E-state index in [0.29, 0.717) is 10.7 Å². The standard InChI is InChI=1S/C22H20N2O4S/c1-4-16(26)18-19(13-5-7-14(25)8-6-13)24(21(28)20(18)27)22-23-15-9-11(2)12(3)10-17(15)29-22/h5-10,19,25,27H,4H2,1-3H3. The number of anilines is 1. The van der Waals surface area contributed by atoms with Crippen LogP contribution in [0.3, 0.4) is 0 Å². The van der Waals surface area contributed by atoms with Crippen LogP contribution in [-0.2, 0) is 9.59 Å². The van der Waals surface area contributed by atoms with Crippen LogP contribution in [0.1, 0.15) is 36.1 Å². The molecule has 0 bridgehead atoms. The highest BCUT2D eigenvalue weighted by Crippen LogP contribution is 2.44. The minimum absolute atomic E-state index is 0.0646. The van der Waals surface area contributed by atoms with Crippen LogP contribution >= 0.6 is 11.3 Å². The number of benzene rings is 2. The largest absolute Gasteiger partial charge is 0.508 e. The van der Waals surface area contributed by atoms with Crippen LogP contribution in [0.25, 0.3) is 10.2 Å². The Kier molecular flexibility index (Phi) is 4.62. The highest BCUT2D eigenvalue weighted by atomic mass is 32.1. The van der Waals surface area contributed by atoms with E-state index in [-0.39, 0.29) is 23.5 Å². The van der Waals surface area contributed by atoms with Crippen LogP contribution in [-0.4, -0.2) is 26.9 Å². The van der Waals surface area contributed by atoms with Crippen molar-refractivity contribution in [2.24, 2.45) is 0 Å². The van der Waals surface area contributed by atoms with E-state index in [4.69, 9.17) is 0 Å². The van der Waals surface area contributed by atoms with E-state index >= 15 is 0 Å². The zero-order valence-corrected chi connectivity index (χ0v) is 17.1. The summed E-state index contributed by atoms with van der Waals surface area (Å²) >= 11 is 1.34. The summed E-state index contributed by atoms with van der Waals surface area (Å²) in [6.45, 7) is 5.70. The van der Waals surface area contributed by atoms with E-state index in [1.54, 1.807) is 19.1 Å². The minimum atomic E-state index is -0.793. The number of thiazole rings is 1. The van der Waals surface area contributed by atoms with Crippen LogP contribution < -0.4 is 4.90 Å². The molecule has 1 aliphatic heterocycles. The molecule has 7 heteroatoms. The maximum Gasteiger partial charge on any atom is 0.296 e. The quantitative estimate of drug-likeness (QED) is 0.663. The van der Waals surface area contributed by atoms with E-state index < -0.39 is 17.7 Å². The number of amides is 1. The molecule has 0 spiro atoms. The summed E-state index contributed by atoms with van der Waals surface area (Å²) in [6.07, 6.45) is 0.160. The maximum atomic E-state index is 13.0. The van der Waals surface area contributed by atoms with Crippen molar-refractivity contribution in [3.05, 3.63) is 64.4 Å². The number of rotatable bonds is 4. The molecule has 1 aliphatic rings. The van der Waals surface area contributed by atoms with Gasteiger partial charge < -0.3 is 10.2 Å². The first-order valence-corrected chi connectivity index (χ1v) is 10.1. The zero-order valence-electron chi connectivity index (χ0n) is 16.3. The summed E-state index contributed by atoms with van der Waals surface area (Å²) in [6, 6.07) is 9.46. The van der Waals surface area contributed by atoms with Gasteiger partial charge in [0.05, 0.1) is 21.8 Å². The lowest BCUT2D eigenvalue weighted by Gasteiger charge is -2.24. The molecule has 6 nitrogen and oxygen atoms in total. The molecule has 0 saturated carbocycles. The highest BCUT2D eigenvalue weighted by Gasteiger charge is 2.45. The molecule has 0 radical (unpaired) electrons. The van der Waals surface area contributed by atoms with Gasteiger partial charge >= 0.3 is 0 Å². The number of carbonyl (C=O) groups is 2. The molecular formula is C22H20N2O4S. The molecule has 1 amide bonds. The number of aromatic nitrogens is 1. The molecule has 0 fully saturated rings. The highest BCUT2D eigenvalue weighted by molar-refractivity contribution is 7.22. The predicted octanol–water partition coefficient (Wildman–Crippen LogP) is 4.50. The Morgan fingerprint density at radius 3 is 2.45 bits per heavy atom. The Bertz CT molecular complexity index is 1140. The first kappa shape index (κ1) is 19.1. The normalized spacial score (nSPS) is 16.9. The Morgan fingerprint density at radius 1 is 1.14 bits per heavy atom. The van der Waals surface area contributed by atoms with E-state index in [9.17, 15) is 19.8 Å². The van der Waals surface area contributed by atoms with Crippen LogP contribution in [0.4, 0.5) is 5.13 Å². The van der Waals surface area contributed by atoms with Gasteiger partial charge in [0.2, 0.25) is 0 Å². The second-order valence-electron chi connectivity index (χ2n) is 7.11. The fourth-order valence-corrected chi connectivity index (χ4v) is 4.59. The average molecular weight is 408 g/mol. The van der Waals surface area contributed by atoms with Crippen molar-refractivity contribution in [3.63, 3.8) is 0 Å². The summed E-state index contributed by atoms with van der Waals surface area (Å²) in [7, 11) is 0. The topological polar surface area (TPSA) is 90.7 Å². The third-order valence-corrected chi connectivity index (χ3v) is 6.25. The lowest BCUT2D eigenvalue weighted by molar-refractivity contribution is -0.118. The SMILES string of the molecule is CCC(=O)C1=C(O)C(=O)N(c2nc3cc(C)c(C)cc3s2)C1c1ccc(O)cc1. The second kappa shape index (κ2) is 7.00. The van der Waals surface area contributed by atoms with Crippen molar-refractivity contribution in [1.82, 2.24) is 4.98 Å². The number of nitrogens with zero attached hydrogens (tertiary/aromatic N) is 2. The van der Waals surface area contributed by atoms with Gasteiger partial charge in [-0.1, -0.05) is 30.4 Å². The monoisotopic (exact) mass is 408 g/mol. The number of aliphatic hydroxyl groups excluding tert-OH is 1. The predicted molar refractivity (Wildman–Crippen MR) is 112 cm³/mol. The minimum Gasteiger partial charge on any atom is -0.508 e. The van der Waals surface area contributed by atoms with Crippen molar-refractivity contribution >= 4 is 38.4 Å². The van der Waals surface area contributed by atoms with Gasteiger partial charge in [0.15, 0.2) is 16.7 Å². The summed E-state index contributed by atoms with van der Waals surface area (Å²) in [5, 5.41) is 20.6. The number of aryl methyl sites for hydroxylation is 2. The van der Waals surface area contributed by atoms with Crippen molar-refractivity contribution in [2.45, 2.75) is 33.2 Å². The number of aromatic hydroxyl groups is 1. The molecule has 4 rings (SSSR count). The molecule has 1 aromatic heterocycles. The first-order chi connectivity index (χ1) is 13.8. The lowest BCUT2D eigenvalue weighted by atomic mass is 9.95. The summed E-state index contributed by atoms with van der Waals surface area (Å²) in [5.41, 5.74) is 3.66. The van der Waals surface area contributed by atoms with Gasteiger partial charge in [0.25, 0.3) is 5.91 Å². The van der Waals surface area contributed by atoms with Crippen molar-refractivity contribution in [3.8, 4) is 5.75 Å².